The molecule has 0 aliphatic carbocycles. The zero-order valence-corrected chi connectivity index (χ0v) is 10.8. The van der Waals surface area contributed by atoms with Gasteiger partial charge in [-0.2, -0.15) is 0 Å². The van der Waals surface area contributed by atoms with Gasteiger partial charge in [0.25, 0.3) is 0 Å². The minimum atomic E-state index is 0.656. The molecule has 0 amide bonds. The molecule has 0 heterocycles. The van der Waals surface area contributed by atoms with E-state index in [4.69, 9.17) is 14.5 Å². The Balaban J connectivity index is 3.48. The van der Waals surface area contributed by atoms with E-state index in [-0.39, 0.29) is 0 Å². The molecule has 0 spiro atoms. The summed E-state index contributed by atoms with van der Waals surface area (Å²) in [6.07, 6.45) is 2.97. The molecule has 0 aromatic rings. The molecule has 1 N–H and O–H groups in total. The Labute approximate surface area is 98.9 Å². The molecule has 0 saturated carbocycles. The quantitative estimate of drug-likeness (QED) is 0.413. The van der Waals surface area contributed by atoms with Crippen LogP contribution in [0.15, 0.2) is 0 Å². The second kappa shape index (κ2) is 12.9. The van der Waals surface area contributed by atoms with Crippen molar-refractivity contribution in [2.75, 3.05) is 32.9 Å². The second-order valence-corrected chi connectivity index (χ2v) is 3.47. The monoisotopic (exact) mass is 234 g/mol. The van der Waals surface area contributed by atoms with Crippen LogP contribution in [-0.4, -0.2) is 38.1 Å². The molecule has 0 aliphatic heterocycles. The summed E-state index contributed by atoms with van der Waals surface area (Å²) in [4.78, 5) is 16.0. The molecule has 98 valence electrons. The Bertz CT molecular complexity index is 128. The maximum absolute atomic E-state index is 5.42. The molecule has 5 heteroatoms. The highest BCUT2D eigenvalue weighted by Crippen LogP contribution is 1.95. The van der Waals surface area contributed by atoms with E-state index in [1.165, 1.54) is 5.23 Å². The molecular weight excluding hydrogens is 208 g/mol. The first-order chi connectivity index (χ1) is 7.85. The molecule has 0 rings (SSSR count). The zero-order chi connectivity index (χ0) is 12.1. The van der Waals surface area contributed by atoms with E-state index < -0.39 is 0 Å². The Kier molecular flexibility index (Phi) is 12.7. The minimum Gasteiger partial charge on any atom is -0.302 e. The molecule has 0 atom stereocenters. The van der Waals surface area contributed by atoms with Crippen LogP contribution in [0, 0.1) is 0 Å². The fraction of sp³-hybridized carbons (Fsp3) is 1.00. The summed E-state index contributed by atoms with van der Waals surface area (Å²) >= 11 is 0. The minimum absolute atomic E-state index is 0.656. The highest BCUT2D eigenvalue weighted by atomic mass is 16.9. The van der Waals surface area contributed by atoms with Crippen molar-refractivity contribution in [1.29, 1.82) is 0 Å². The van der Waals surface area contributed by atoms with Gasteiger partial charge in [-0.25, -0.2) is 5.48 Å². The topological polar surface area (TPSA) is 43.0 Å². The number of hydrogen-bond acceptors (Lipinski definition) is 5. The maximum Gasteiger partial charge on any atom is 0.0709 e. The third-order valence-corrected chi connectivity index (χ3v) is 1.68. The van der Waals surface area contributed by atoms with Crippen LogP contribution in [0.3, 0.4) is 0 Å². The van der Waals surface area contributed by atoms with E-state index in [9.17, 15) is 0 Å². The van der Waals surface area contributed by atoms with Crippen molar-refractivity contribution in [3.05, 3.63) is 0 Å². The summed E-state index contributed by atoms with van der Waals surface area (Å²) in [5, 5.41) is 1.54. The smallest absolute Gasteiger partial charge is 0.0709 e. The van der Waals surface area contributed by atoms with Crippen LogP contribution in [0.25, 0.3) is 0 Å². The van der Waals surface area contributed by atoms with Crippen molar-refractivity contribution < 1.29 is 14.5 Å². The van der Waals surface area contributed by atoms with Crippen LogP contribution >= 0.6 is 0 Å². The fourth-order valence-corrected chi connectivity index (χ4v) is 0.936. The van der Waals surface area contributed by atoms with Crippen molar-refractivity contribution >= 4 is 0 Å². The third kappa shape index (κ3) is 10.3. The predicted octanol–water partition coefficient (Wildman–Crippen LogP) is 1.90. The van der Waals surface area contributed by atoms with Crippen LogP contribution < -0.4 is 5.48 Å². The molecule has 0 radical (unpaired) electrons. The first kappa shape index (κ1) is 15.8. The van der Waals surface area contributed by atoms with Gasteiger partial charge in [0.1, 0.15) is 0 Å². The van der Waals surface area contributed by atoms with E-state index in [1.54, 1.807) is 0 Å². The number of hydrogen-bond donors (Lipinski definition) is 1. The lowest BCUT2D eigenvalue weighted by Crippen LogP contribution is -2.33. The van der Waals surface area contributed by atoms with Gasteiger partial charge in [0.2, 0.25) is 0 Å². The number of nitrogens with one attached hydrogen (secondary N) is 1. The highest BCUT2D eigenvalue weighted by molar-refractivity contribution is 4.37. The number of nitrogens with zero attached hydrogens (tertiary/aromatic N) is 1. The molecule has 16 heavy (non-hydrogen) atoms. The Morgan fingerprint density at radius 3 is 1.94 bits per heavy atom. The van der Waals surface area contributed by atoms with Gasteiger partial charge in [-0.3, -0.25) is 9.68 Å². The maximum atomic E-state index is 5.42. The largest absolute Gasteiger partial charge is 0.302 e. The summed E-state index contributed by atoms with van der Waals surface area (Å²) in [6.45, 7) is 9.64. The van der Waals surface area contributed by atoms with Crippen molar-refractivity contribution in [2.45, 2.75) is 40.0 Å². The second-order valence-electron chi connectivity index (χ2n) is 3.47. The van der Waals surface area contributed by atoms with Crippen LogP contribution in [0.1, 0.15) is 40.0 Å². The molecule has 0 aromatic carbocycles. The van der Waals surface area contributed by atoms with Gasteiger partial charge in [0, 0.05) is 6.54 Å². The van der Waals surface area contributed by atoms with Crippen LogP contribution in [0.5, 0.6) is 0 Å². The standard InChI is InChI=1S/C11H26N2O3/c1-4-9-14-12-7-8-13(15-10-5-2)16-11-6-3/h12H,4-11H2,1-3H3. The highest BCUT2D eigenvalue weighted by Gasteiger charge is 2.04. The Morgan fingerprint density at radius 2 is 1.44 bits per heavy atom. The normalized spacial score (nSPS) is 11.2. The molecule has 5 nitrogen and oxygen atoms in total. The SMILES string of the molecule is CCCONCCN(OCCC)OCCC. The van der Waals surface area contributed by atoms with Gasteiger partial charge < -0.3 is 4.84 Å². The molecule has 0 aliphatic rings. The molecule has 0 unspecified atom stereocenters. The first-order valence-corrected chi connectivity index (χ1v) is 6.23. The van der Waals surface area contributed by atoms with E-state index in [0.29, 0.717) is 26.3 Å². The average molecular weight is 234 g/mol. The molecule has 0 saturated heterocycles. The molecule has 0 aromatic heterocycles. The van der Waals surface area contributed by atoms with Gasteiger partial charge in [-0.15, -0.1) is 0 Å². The van der Waals surface area contributed by atoms with E-state index in [1.807, 2.05) is 0 Å². The van der Waals surface area contributed by atoms with Gasteiger partial charge in [0.05, 0.1) is 26.4 Å². The van der Waals surface area contributed by atoms with Crippen molar-refractivity contribution in [2.24, 2.45) is 0 Å². The summed E-state index contributed by atoms with van der Waals surface area (Å²) in [5.41, 5.74) is 2.87. The van der Waals surface area contributed by atoms with E-state index >= 15 is 0 Å². The summed E-state index contributed by atoms with van der Waals surface area (Å²) in [7, 11) is 0. The molecule has 0 bridgehead atoms. The lowest BCUT2D eigenvalue weighted by Gasteiger charge is -2.20. The predicted molar refractivity (Wildman–Crippen MR) is 63.4 cm³/mol. The molecule has 0 fully saturated rings. The zero-order valence-electron chi connectivity index (χ0n) is 10.8. The number of hydroxylamine groups is 3. The lowest BCUT2D eigenvalue weighted by molar-refractivity contribution is -0.368. The van der Waals surface area contributed by atoms with Crippen molar-refractivity contribution in [1.82, 2.24) is 10.7 Å². The lowest BCUT2D eigenvalue weighted by atomic mass is 10.5. The summed E-state index contributed by atoms with van der Waals surface area (Å²) < 4.78 is 0. The van der Waals surface area contributed by atoms with E-state index in [0.717, 1.165) is 25.9 Å². The summed E-state index contributed by atoms with van der Waals surface area (Å²) in [6, 6.07) is 0. The van der Waals surface area contributed by atoms with Gasteiger partial charge in [-0.1, -0.05) is 26.0 Å². The number of rotatable bonds is 12. The average Bonchev–Trinajstić information content (AvgIpc) is 2.31. The molecular formula is C11H26N2O3. The van der Waals surface area contributed by atoms with Crippen LogP contribution in [-0.2, 0) is 14.5 Å². The van der Waals surface area contributed by atoms with Crippen molar-refractivity contribution in [3.8, 4) is 0 Å². The van der Waals surface area contributed by atoms with E-state index in [2.05, 4.69) is 26.3 Å². The van der Waals surface area contributed by atoms with Gasteiger partial charge >= 0.3 is 0 Å². The van der Waals surface area contributed by atoms with Crippen LogP contribution in [0.4, 0.5) is 0 Å². The Hall–Kier alpha value is -0.200. The fourth-order valence-electron chi connectivity index (χ4n) is 0.936. The Morgan fingerprint density at radius 1 is 0.875 bits per heavy atom. The van der Waals surface area contributed by atoms with Crippen molar-refractivity contribution in [3.63, 3.8) is 0 Å². The first-order valence-electron chi connectivity index (χ1n) is 6.23. The van der Waals surface area contributed by atoms with Gasteiger partial charge in [-0.05, 0) is 19.3 Å². The van der Waals surface area contributed by atoms with Crippen LogP contribution in [0.2, 0.25) is 0 Å². The third-order valence-electron chi connectivity index (χ3n) is 1.68. The summed E-state index contributed by atoms with van der Waals surface area (Å²) in [5.74, 6) is 0. The van der Waals surface area contributed by atoms with Gasteiger partial charge in [0.15, 0.2) is 0 Å².